The fraction of sp³-hybridized carbons (Fsp3) is 0.250. The summed E-state index contributed by atoms with van der Waals surface area (Å²) < 4.78 is 6.68. The molecule has 0 aliphatic carbocycles. The number of rotatable bonds is 3. The minimum atomic E-state index is 0.503. The van der Waals surface area contributed by atoms with Gasteiger partial charge in [0.15, 0.2) is 0 Å². The van der Waals surface area contributed by atoms with E-state index in [1.54, 1.807) is 18.8 Å². The lowest BCUT2D eigenvalue weighted by molar-refractivity contribution is 0.185. The molecule has 2 N–H and O–H groups in total. The summed E-state index contributed by atoms with van der Waals surface area (Å²) in [6.45, 7) is 0.503. The first kappa shape index (κ1) is 12.0. The Kier molecular flexibility index (Phi) is 3.36. The Balaban J connectivity index is 2.37. The van der Waals surface area contributed by atoms with Crippen molar-refractivity contribution < 1.29 is 4.74 Å². The van der Waals surface area contributed by atoms with E-state index in [4.69, 9.17) is 22.1 Å². The standard InChI is InChI=1S/C12H14ClN3O/c1-16-12(14)6-11(15-16)8-3-4-9(7-17-2)10(13)5-8/h3-6H,7,14H2,1-2H3. The highest BCUT2D eigenvalue weighted by Crippen LogP contribution is 2.26. The molecule has 17 heavy (non-hydrogen) atoms. The third-order valence-corrected chi connectivity index (χ3v) is 2.92. The molecule has 0 fully saturated rings. The van der Waals surface area contributed by atoms with E-state index in [0.29, 0.717) is 17.4 Å². The zero-order chi connectivity index (χ0) is 12.4. The maximum atomic E-state index is 6.16. The Morgan fingerprint density at radius 2 is 2.18 bits per heavy atom. The lowest BCUT2D eigenvalue weighted by Crippen LogP contribution is -1.96. The van der Waals surface area contributed by atoms with Crippen LogP contribution in [0.4, 0.5) is 5.82 Å². The molecular formula is C12H14ClN3O. The zero-order valence-electron chi connectivity index (χ0n) is 9.77. The first-order chi connectivity index (χ1) is 8.11. The summed E-state index contributed by atoms with van der Waals surface area (Å²) in [5, 5.41) is 4.97. The van der Waals surface area contributed by atoms with Crippen molar-refractivity contribution in [1.29, 1.82) is 0 Å². The number of ether oxygens (including phenoxy) is 1. The molecule has 0 saturated carbocycles. The van der Waals surface area contributed by atoms with Crippen LogP contribution in [0.15, 0.2) is 24.3 Å². The van der Waals surface area contributed by atoms with Crippen LogP contribution >= 0.6 is 11.6 Å². The minimum Gasteiger partial charge on any atom is -0.384 e. The summed E-state index contributed by atoms with van der Waals surface area (Å²) in [4.78, 5) is 0. The SMILES string of the molecule is COCc1ccc(-c2cc(N)n(C)n2)cc1Cl. The highest BCUT2D eigenvalue weighted by molar-refractivity contribution is 6.31. The highest BCUT2D eigenvalue weighted by atomic mass is 35.5. The van der Waals surface area contributed by atoms with E-state index in [1.807, 2.05) is 24.3 Å². The molecule has 0 atom stereocenters. The van der Waals surface area contributed by atoms with Gasteiger partial charge < -0.3 is 10.5 Å². The topological polar surface area (TPSA) is 53.1 Å². The first-order valence-electron chi connectivity index (χ1n) is 5.19. The van der Waals surface area contributed by atoms with Gasteiger partial charge in [0.25, 0.3) is 0 Å². The van der Waals surface area contributed by atoms with Gasteiger partial charge in [0.2, 0.25) is 0 Å². The van der Waals surface area contributed by atoms with Gasteiger partial charge in [-0.2, -0.15) is 5.10 Å². The molecule has 90 valence electrons. The predicted molar refractivity (Wildman–Crippen MR) is 68.8 cm³/mol. The lowest BCUT2D eigenvalue weighted by Gasteiger charge is -2.04. The summed E-state index contributed by atoms with van der Waals surface area (Å²) in [5.74, 6) is 0.622. The summed E-state index contributed by atoms with van der Waals surface area (Å²) in [5.41, 5.74) is 8.46. The van der Waals surface area contributed by atoms with Gasteiger partial charge in [-0.1, -0.05) is 23.7 Å². The summed E-state index contributed by atoms with van der Waals surface area (Å²) in [6.07, 6.45) is 0. The van der Waals surface area contributed by atoms with Gasteiger partial charge in [0.1, 0.15) is 5.82 Å². The molecule has 4 nitrogen and oxygen atoms in total. The van der Waals surface area contributed by atoms with Crippen LogP contribution in [-0.2, 0) is 18.4 Å². The number of nitrogens with two attached hydrogens (primary N) is 1. The molecule has 2 aromatic rings. The van der Waals surface area contributed by atoms with E-state index in [9.17, 15) is 0 Å². The molecule has 0 unspecified atom stereocenters. The molecule has 0 bridgehead atoms. The largest absolute Gasteiger partial charge is 0.384 e. The minimum absolute atomic E-state index is 0.503. The van der Waals surface area contributed by atoms with Crippen LogP contribution in [0.5, 0.6) is 0 Å². The normalized spacial score (nSPS) is 10.8. The smallest absolute Gasteiger partial charge is 0.121 e. The first-order valence-corrected chi connectivity index (χ1v) is 5.57. The number of hydrogen-bond acceptors (Lipinski definition) is 3. The molecular weight excluding hydrogens is 238 g/mol. The van der Waals surface area contributed by atoms with Gasteiger partial charge >= 0.3 is 0 Å². The monoisotopic (exact) mass is 251 g/mol. The molecule has 0 saturated heterocycles. The quantitative estimate of drug-likeness (QED) is 0.912. The van der Waals surface area contributed by atoms with E-state index in [1.165, 1.54) is 0 Å². The van der Waals surface area contributed by atoms with Crippen LogP contribution in [0.2, 0.25) is 5.02 Å². The van der Waals surface area contributed by atoms with Crippen molar-refractivity contribution >= 4 is 17.4 Å². The number of anilines is 1. The second kappa shape index (κ2) is 4.77. The molecule has 0 aliphatic rings. The fourth-order valence-electron chi connectivity index (χ4n) is 1.60. The molecule has 0 aliphatic heterocycles. The van der Waals surface area contributed by atoms with Gasteiger partial charge in [-0.15, -0.1) is 0 Å². The molecule has 0 radical (unpaired) electrons. The highest BCUT2D eigenvalue weighted by Gasteiger charge is 2.07. The Morgan fingerprint density at radius 3 is 2.71 bits per heavy atom. The Hall–Kier alpha value is -1.52. The van der Waals surface area contributed by atoms with E-state index in [0.717, 1.165) is 16.8 Å². The lowest BCUT2D eigenvalue weighted by atomic mass is 10.1. The maximum Gasteiger partial charge on any atom is 0.121 e. The van der Waals surface area contributed by atoms with E-state index in [-0.39, 0.29) is 0 Å². The van der Waals surface area contributed by atoms with Crippen molar-refractivity contribution in [3.8, 4) is 11.3 Å². The van der Waals surface area contributed by atoms with E-state index >= 15 is 0 Å². The van der Waals surface area contributed by atoms with Crippen LogP contribution in [0.25, 0.3) is 11.3 Å². The van der Waals surface area contributed by atoms with Crippen molar-refractivity contribution in [1.82, 2.24) is 9.78 Å². The molecule has 5 heteroatoms. The number of halogens is 1. The Labute approximate surface area is 105 Å². The van der Waals surface area contributed by atoms with Crippen molar-refractivity contribution in [2.75, 3.05) is 12.8 Å². The van der Waals surface area contributed by atoms with Crippen LogP contribution < -0.4 is 5.73 Å². The Bertz CT molecular complexity index is 517. The van der Waals surface area contributed by atoms with Gasteiger partial charge in [-0.05, 0) is 11.6 Å². The van der Waals surface area contributed by atoms with Gasteiger partial charge in [-0.25, -0.2) is 0 Å². The molecule has 2 rings (SSSR count). The van der Waals surface area contributed by atoms with Crippen LogP contribution in [-0.4, -0.2) is 16.9 Å². The number of aryl methyl sites for hydroxylation is 1. The molecule has 1 aromatic carbocycles. The third-order valence-electron chi connectivity index (χ3n) is 2.56. The van der Waals surface area contributed by atoms with Crippen molar-refractivity contribution in [3.63, 3.8) is 0 Å². The number of aromatic nitrogens is 2. The van der Waals surface area contributed by atoms with Gasteiger partial charge in [-0.3, -0.25) is 4.68 Å². The van der Waals surface area contributed by atoms with Crippen molar-refractivity contribution in [2.45, 2.75) is 6.61 Å². The van der Waals surface area contributed by atoms with E-state index < -0.39 is 0 Å². The number of hydrogen-bond donors (Lipinski definition) is 1. The summed E-state index contributed by atoms with van der Waals surface area (Å²) >= 11 is 6.16. The number of methoxy groups -OCH3 is 1. The average Bonchev–Trinajstić information content (AvgIpc) is 2.62. The number of benzene rings is 1. The molecule has 1 aromatic heterocycles. The molecule has 0 spiro atoms. The number of nitrogen functional groups attached to an aromatic ring is 1. The Morgan fingerprint density at radius 1 is 1.41 bits per heavy atom. The maximum absolute atomic E-state index is 6.16. The second-order valence-corrected chi connectivity index (χ2v) is 4.22. The average molecular weight is 252 g/mol. The third kappa shape index (κ3) is 2.43. The van der Waals surface area contributed by atoms with Crippen LogP contribution in [0.1, 0.15) is 5.56 Å². The van der Waals surface area contributed by atoms with E-state index in [2.05, 4.69) is 5.10 Å². The molecule has 0 amide bonds. The summed E-state index contributed by atoms with van der Waals surface area (Å²) in [7, 11) is 3.45. The zero-order valence-corrected chi connectivity index (χ0v) is 10.5. The van der Waals surface area contributed by atoms with Crippen LogP contribution in [0, 0.1) is 0 Å². The second-order valence-electron chi connectivity index (χ2n) is 3.82. The van der Waals surface area contributed by atoms with Crippen LogP contribution in [0.3, 0.4) is 0 Å². The predicted octanol–water partition coefficient (Wildman–Crippen LogP) is 2.47. The van der Waals surface area contributed by atoms with Crippen molar-refractivity contribution in [2.24, 2.45) is 7.05 Å². The summed E-state index contributed by atoms with van der Waals surface area (Å²) in [6, 6.07) is 7.59. The number of nitrogens with zero attached hydrogens (tertiary/aromatic N) is 2. The van der Waals surface area contributed by atoms with Gasteiger partial charge in [0, 0.05) is 30.8 Å². The van der Waals surface area contributed by atoms with Gasteiger partial charge in [0.05, 0.1) is 12.3 Å². The van der Waals surface area contributed by atoms with Crippen molar-refractivity contribution in [3.05, 3.63) is 34.9 Å². The fourth-order valence-corrected chi connectivity index (χ4v) is 1.84. The molecule has 1 heterocycles.